The van der Waals surface area contributed by atoms with Crippen molar-refractivity contribution in [3.8, 4) is 17.1 Å². The number of aliphatic hydroxyl groups is 1. The van der Waals surface area contributed by atoms with E-state index in [0.717, 1.165) is 27.8 Å². The second-order valence-corrected chi connectivity index (χ2v) is 4.30. The number of aliphatic hydroxyl groups excluding tert-OH is 1. The van der Waals surface area contributed by atoms with Gasteiger partial charge in [-0.2, -0.15) is 0 Å². The van der Waals surface area contributed by atoms with Crippen molar-refractivity contribution in [3.05, 3.63) is 54.1 Å². The zero-order valence-electron chi connectivity index (χ0n) is 10.6. The molecule has 0 bridgehead atoms. The first-order chi connectivity index (χ1) is 9.33. The Morgan fingerprint density at radius 3 is 2.58 bits per heavy atom. The van der Waals surface area contributed by atoms with Crippen LogP contribution in [0.2, 0.25) is 0 Å². The quantitative estimate of drug-likeness (QED) is 0.776. The van der Waals surface area contributed by atoms with Crippen LogP contribution in [0, 0.1) is 0 Å². The van der Waals surface area contributed by atoms with Crippen LogP contribution in [-0.2, 0) is 6.61 Å². The smallest absolute Gasteiger partial charge is 0.140 e. The van der Waals surface area contributed by atoms with E-state index in [4.69, 9.17) is 9.15 Å². The number of methoxy groups -OCH3 is 1. The van der Waals surface area contributed by atoms with Gasteiger partial charge in [-0.1, -0.05) is 30.3 Å². The third-order valence-corrected chi connectivity index (χ3v) is 3.19. The van der Waals surface area contributed by atoms with Crippen molar-refractivity contribution in [1.82, 2.24) is 0 Å². The Bertz CT molecular complexity index is 699. The lowest BCUT2D eigenvalue weighted by atomic mass is 10.1. The fraction of sp³-hybridized carbons (Fsp3) is 0.125. The molecule has 1 N–H and O–H groups in total. The molecule has 0 saturated heterocycles. The van der Waals surface area contributed by atoms with Crippen molar-refractivity contribution in [2.24, 2.45) is 0 Å². The van der Waals surface area contributed by atoms with Gasteiger partial charge >= 0.3 is 0 Å². The monoisotopic (exact) mass is 254 g/mol. The Balaban J connectivity index is 2.26. The summed E-state index contributed by atoms with van der Waals surface area (Å²) in [6.45, 7) is -0.0651. The molecule has 1 aromatic heterocycles. The third-order valence-electron chi connectivity index (χ3n) is 3.19. The summed E-state index contributed by atoms with van der Waals surface area (Å²) in [5, 5.41) is 10.5. The maximum Gasteiger partial charge on any atom is 0.140 e. The van der Waals surface area contributed by atoms with E-state index in [-0.39, 0.29) is 6.61 Å². The van der Waals surface area contributed by atoms with Crippen LogP contribution in [0.5, 0.6) is 5.75 Å². The van der Waals surface area contributed by atoms with E-state index in [1.54, 1.807) is 7.11 Å². The predicted molar refractivity (Wildman–Crippen MR) is 74.1 cm³/mol. The Morgan fingerprint density at radius 1 is 1.11 bits per heavy atom. The molecule has 0 aliphatic heterocycles. The SMILES string of the molecule is COc1ccc2oc(-c3ccccc3)c(CO)c2c1. The van der Waals surface area contributed by atoms with Gasteiger partial charge in [-0.05, 0) is 18.2 Å². The molecule has 0 saturated carbocycles. The average molecular weight is 254 g/mol. The van der Waals surface area contributed by atoms with Crippen LogP contribution in [0.4, 0.5) is 0 Å². The lowest BCUT2D eigenvalue weighted by Crippen LogP contribution is -1.86. The predicted octanol–water partition coefficient (Wildman–Crippen LogP) is 3.60. The fourth-order valence-electron chi connectivity index (χ4n) is 2.23. The van der Waals surface area contributed by atoms with Crippen molar-refractivity contribution in [2.75, 3.05) is 7.11 Å². The van der Waals surface area contributed by atoms with E-state index in [0.29, 0.717) is 5.76 Å². The number of furan rings is 1. The van der Waals surface area contributed by atoms with E-state index in [1.165, 1.54) is 0 Å². The molecule has 0 spiro atoms. The second kappa shape index (κ2) is 4.78. The summed E-state index contributed by atoms with van der Waals surface area (Å²) in [7, 11) is 1.62. The molecule has 0 radical (unpaired) electrons. The highest BCUT2D eigenvalue weighted by Crippen LogP contribution is 2.35. The number of hydrogen-bond acceptors (Lipinski definition) is 3. The van der Waals surface area contributed by atoms with Crippen molar-refractivity contribution >= 4 is 11.0 Å². The Hall–Kier alpha value is -2.26. The summed E-state index contributed by atoms with van der Waals surface area (Å²) >= 11 is 0. The summed E-state index contributed by atoms with van der Waals surface area (Å²) < 4.78 is 11.1. The lowest BCUT2D eigenvalue weighted by molar-refractivity contribution is 0.282. The maximum absolute atomic E-state index is 9.63. The van der Waals surface area contributed by atoms with Gasteiger partial charge in [-0.15, -0.1) is 0 Å². The van der Waals surface area contributed by atoms with Crippen LogP contribution in [-0.4, -0.2) is 12.2 Å². The second-order valence-electron chi connectivity index (χ2n) is 4.30. The summed E-state index contributed by atoms with van der Waals surface area (Å²) in [4.78, 5) is 0. The van der Waals surface area contributed by atoms with Crippen molar-refractivity contribution < 1.29 is 14.3 Å². The highest BCUT2D eigenvalue weighted by atomic mass is 16.5. The molecule has 0 aliphatic rings. The Labute approximate surface area is 111 Å². The van der Waals surface area contributed by atoms with Crippen molar-refractivity contribution in [2.45, 2.75) is 6.61 Å². The first-order valence-corrected chi connectivity index (χ1v) is 6.09. The molecule has 2 aromatic carbocycles. The summed E-state index contributed by atoms with van der Waals surface area (Å²) in [6, 6.07) is 15.4. The van der Waals surface area contributed by atoms with Crippen LogP contribution in [0.3, 0.4) is 0 Å². The van der Waals surface area contributed by atoms with Gasteiger partial charge in [0.25, 0.3) is 0 Å². The Kier molecular flexibility index (Phi) is 2.97. The topological polar surface area (TPSA) is 42.6 Å². The zero-order chi connectivity index (χ0) is 13.2. The minimum Gasteiger partial charge on any atom is -0.497 e. The Morgan fingerprint density at radius 2 is 1.89 bits per heavy atom. The zero-order valence-corrected chi connectivity index (χ0v) is 10.6. The molecule has 0 aliphatic carbocycles. The normalized spacial score (nSPS) is 10.8. The number of benzene rings is 2. The molecule has 19 heavy (non-hydrogen) atoms. The third kappa shape index (κ3) is 1.98. The van der Waals surface area contributed by atoms with Crippen LogP contribution in [0.1, 0.15) is 5.56 Å². The highest BCUT2D eigenvalue weighted by molar-refractivity contribution is 5.88. The number of ether oxygens (including phenoxy) is 1. The molecule has 3 rings (SSSR count). The van der Waals surface area contributed by atoms with E-state index >= 15 is 0 Å². The minimum atomic E-state index is -0.0651. The van der Waals surface area contributed by atoms with Gasteiger partial charge in [0.15, 0.2) is 0 Å². The van der Waals surface area contributed by atoms with E-state index < -0.39 is 0 Å². The van der Waals surface area contributed by atoms with Crippen LogP contribution >= 0.6 is 0 Å². The minimum absolute atomic E-state index is 0.0651. The van der Waals surface area contributed by atoms with Crippen molar-refractivity contribution in [3.63, 3.8) is 0 Å². The van der Waals surface area contributed by atoms with Gasteiger partial charge in [0.1, 0.15) is 17.1 Å². The first kappa shape index (κ1) is 11.8. The standard InChI is InChI=1S/C16H14O3/c1-18-12-7-8-15-13(9-12)14(10-17)16(19-15)11-5-3-2-4-6-11/h2-9,17H,10H2,1H3. The molecule has 3 aromatic rings. The van der Waals surface area contributed by atoms with Gasteiger partial charge in [0.2, 0.25) is 0 Å². The average Bonchev–Trinajstić information content (AvgIpc) is 2.85. The molecule has 0 amide bonds. The molecule has 0 atom stereocenters. The summed E-state index contributed by atoms with van der Waals surface area (Å²) in [5.41, 5.74) is 2.51. The summed E-state index contributed by atoms with van der Waals surface area (Å²) in [6.07, 6.45) is 0. The molecule has 3 heteroatoms. The van der Waals surface area contributed by atoms with Gasteiger partial charge in [0, 0.05) is 16.5 Å². The molecular formula is C16H14O3. The van der Waals surface area contributed by atoms with Gasteiger partial charge in [-0.25, -0.2) is 0 Å². The fourth-order valence-corrected chi connectivity index (χ4v) is 2.23. The van der Waals surface area contributed by atoms with Gasteiger partial charge in [0.05, 0.1) is 13.7 Å². The van der Waals surface area contributed by atoms with Crippen LogP contribution < -0.4 is 4.74 Å². The van der Waals surface area contributed by atoms with Gasteiger partial charge in [-0.3, -0.25) is 0 Å². The van der Waals surface area contributed by atoms with Crippen molar-refractivity contribution in [1.29, 1.82) is 0 Å². The van der Waals surface area contributed by atoms with Gasteiger partial charge < -0.3 is 14.3 Å². The number of hydrogen-bond donors (Lipinski definition) is 1. The van der Waals surface area contributed by atoms with E-state index in [1.807, 2.05) is 48.5 Å². The summed E-state index contributed by atoms with van der Waals surface area (Å²) in [5.74, 6) is 1.47. The van der Waals surface area contributed by atoms with E-state index in [9.17, 15) is 5.11 Å². The highest BCUT2D eigenvalue weighted by Gasteiger charge is 2.15. The molecule has 96 valence electrons. The molecular weight excluding hydrogens is 240 g/mol. The van der Waals surface area contributed by atoms with Crippen LogP contribution in [0.25, 0.3) is 22.3 Å². The molecule has 1 heterocycles. The molecule has 3 nitrogen and oxygen atoms in total. The number of fused-ring (bicyclic) bond motifs is 1. The molecule has 0 unspecified atom stereocenters. The molecule has 0 fully saturated rings. The van der Waals surface area contributed by atoms with Crippen LogP contribution in [0.15, 0.2) is 52.9 Å². The number of rotatable bonds is 3. The lowest BCUT2D eigenvalue weighted by Gasteiger charge is -2.00. The van der Waals surface area contributed by atoms with E-state index in [2.05, 4.69) is 0 Å². The first-order valence-electron chi connectivity index (χ1n) is 6.09. The largest absolute Gasteiger partial charge is 0.497 e. The maximum atomic E-state index is 9.63.